The number of aromatic nitrogens is 2. The van der Waals surface area contributed by atoms with Crippen LogP contribution in [0.3, 0.4) is 0 Å². The maximum Gasteiger partial charge on any atom is 1.00 e. The summed E-state index contributed by atoms with van der Waals surface area (Å²) >= 11 is 0. The molecule has 8 nitrogen and oxygen atoms in total. The predicted octanol–water partition coefficient (Wildman–Crippen LogP) is -3.13. The zero-order valence-electron chi connectivity index (χ0n) is 13.8. The van der Waals surface area contributed by atoms with Crippen LogP contribution in [0.1, 0.15) is 5.69 Å². The molecule has 23 heavy (non-hydrogen) atoms. The molecule has 10 heteroatoms. The van der Waals surface area contributed by atoms with Gasteiger partial charge in [-0.3, -0.25) is 9.48 Å². The molecule has 1 aromatic carbocycles. The van der Waals surface area contributed by atoms with Crippen LogP contribution >= 0.6 is 0 Å². The minimum absolute atomic E-state index is 0. The summed E-state index contributed by atoms with van der Waals surface area (Å²) in [5, 5.41) is 2.94. The molecule has 0 spiro atoms. The van der Waals surface area contributed by atoms with E-state index in [1.165, 1.54) is 0 Å². The Bertz CT molecular complexity index is 761. The maximum absolute atomic E-state index is 12.1. The normalized spacial score (nSPS) is 9.78. The van der Waals surface area contributed by atoms with Gasteiger partial charge in [0.2, 0.25) is 0 Å². The van der Waals surface area contributed by atoms with Crippen molar-refractivity contribution in [2.24, 2.45) is 7.05 Å². The topological polar surface area (TPSA) is 128 Å². The van der Waals surface area contributed by atoms with Gasteiger partial charge in [0, 0.05) is 20.4 Å². The Kier molecular flexibility index (Phi) is 10.4. The molecule has 0 amide bonds. The fraction of sp³-hybridized carbons (Fsp3) is 0.308. The van der Waals surface area contributed by atoms with Crippen molar-refractivity contribution in [3.63, 3.8) is 0 Å². The third kappa shape index (κ3) is 6.90. The van der Waals surface area contributed by atoms with Crippen molar-refractivity contribution < 1.29 is 48.0 Å². The van der Waals surface area contributed by atoms with E-state index in [4.69, 9.17) is 13.0 Å². The number of rotatable bonds is 2. The van der Waals surface area contributed by atoms with Crippen LogP contribution in [-0.4, -0.2) is 41.1 Å². The maximum atomic E-state index is 12.1. The molecule has 0 unspecified atom stereocenters. The van der Waals surface area contributed by atoms with Crippen molar-refractivity contribution in [2.45, 2.75) is 6.92 Å². The van der Waals surface area contributed by atoms with Gasteiger partial charge in [0.05, 0.1) is 21.5 Å². The molecule has 1 aromatic heterocycles. The first-order chi connectivity index (χ1) is 9.66. The number of benzene rings is 1. The minimum Gasteiger partial charge on any atom is -0.748 e. The van der Waals surface area contributed by atoms with Gasteiger partial charge in [-0.2, -0.15) is 0 Å². The van der Waals surface area contributed by atoms with Crippen molar-refractivity contribution in [1.29, 1.82) is 0 Å². The molecule has 0 aliphatic carbocycles. The molecule has 3 N–H and O–H groups in total. The summed E-state index contributed by atoms with van der Waals surface area (Å²) in [5.74, 6) is 0. The van der Waals surface area contributed by atoms with Crippen molar-refractivity contribution in [3.8, 4) is 5.69 Å². The van der Waals surface area contributed by atoms with Crippen LogP contribution in [-0.2, 0) is 17.2 Å². The first-order valence-corrected chi connectivity index (χ1v) is 7.91. The van der Waals surface area contributed by atoms with Gasteiger partial charge >= 0.3 is 29.6 Å². The second-order valence-electron chi connectivity index (χ2n) is 4.39. The van der Waals surface area contributed by atoms with E-state index >= 15 is 0 Å². The number of nitrogens with one attached hydrogen (secondary N) is 1. The molecule has 0 saturated carbocycles. The Morgan fingerprint density at radius 1 is 1.17 bits per heavy atom. The molecule has 0 aliphatic rings. The molecule has 2 rings (SSSR count). The summed E-state index contributed by atoms with van der Waals surface area (Å²) in [4.78, 5) is 12.1. The van der Waals surface area contributed by atoms with Gasteiger partial charge in [-0.05, 0) is 19.1 Å². The van der Waals surface area contributed by atoms with E-state index in [0.717, 1.165) is 11.4 Å². The molecular formula is C13H20N3NaO5S. The molecule has 0 fully saturated rings. The summed E-state index contributed by atoms with van der Waals surface area (Å²) in [5.41, 5.74) is 2.43. The van der Waals surface area contributed by atoms with Crippen molar-refractivity contribution in [3.05, 3.63) is 46.4 Å². The van der Waals surface area contributed by atoms with E-state index in [-0.39, 0.29) is 40.6 Å². The Morgan fingerprint density at radius 2 is 1.61 bits per heavy atom. The van der Waals surface area contributed by atoms with Gasteiger partial charge < -0.3 is 15.3 Å². The van der Waals surface area contributed by atoms with E-state index < -0.39 is 10.1 Å². The molecule has 0 atom stereocenters. The molecule has 0 bridgehead atoms. The SMILES string of the molecule is CNc1c(C)n(C)n(-c2ccccc2)c1=O.CS(=O)(=O)[O-].O.[Na+]. The van der Waals surface area contributed by atoms with E-state index in [1.807, 2.05) is 49.0 Å². The van der Waals surface area contributed by atoms with Crippen LogP contribution < -0.4 is 40.4 Å². The summed E-state index contributed by atoms with van der Waals surface area (Å²) in [7, 11) is -0.274. The van der Waals surface area contributed by atoms with Gasteiger partial charge in [0.25, 0.3) is 5.56 Å². The van der Waals surface area contributed by atoms with Crippen molar-refractivity contribution >= 4 is 15.8 Å². The number of para-hydroxylation sites is 1. The average molecular weight is 353 g/mol. The van der Waals surface area contributed by atoms with Crippen LogP contribution in [0, 0.1) is 6.92 Å². The van der Waals surface area contributed by atoms with E-state index in [9.17, 15) is 4.79 Å². The molecule has 2 aromatic rings. The van der Waals surface area contributed by atoms with Crippen LogP contribution in [0.5, 0.6) is 0 Å². The van der Waals surface area contributed by atoms with Gasteiger partial charge in [0.1, 0.15) is 5.69 Å². The van der Waals surface area contributed by atoms with E-state index in [1.54, 1.807) is 11.7 Å². The largest absolute Gasteiger partial charge is 1.00 e. The predicted molar refractivity (Wildman–Crippen MR) is 84.5 cm³/mol. The summed E-state index contributed by atoms with van der Waals surface area (Å²) in [6, 6.07) is 9.61. The Morgan fingerprint density at radius 3 is 1.96 bits per heavy atom. The molecule has 1 heterocycles. The van der Waals surface area contributed by atoms with Gasteiger partial charge in [0.15, 0.2) is 0 Å². The molecule has 0 saturated heterocycles. The van der Waals surface area contributed by atoms with Crippen LogP contribution in [0.25, 0.3) is 5.69 Å². The Hall–Kier alpha value is -1.10. The monoisotopic (exact) mass is 353 g/mol. The zero-order valence-corrected chi connectivity index (χ0v) is 16.6. The third-order valence-electron chi connectivity index (χ3n) is 2.80. The van der Waals surface area contributed by atoms with Crippen molar-refractivity contribution in [2.75, 3.05) is 18.6 Å². The van der Waals surface area contributed by atoms with E-state index in [0.29, 0.717) is 11.9 Å². The first-order valence-electron chi connectivity index (χ1n) is 6.09. The second kappa shape index (κ2) is 9.91. The Labute approximate surface area is 157 Å². The number of anilines is 1. The second-order valence-corrected chi connectivity index (χ2v) is 5.80. The summed E-state index contributed by atoms with van der Waals surface area (Å²) in [6.07, 6.45) is 0.604. The fourth-order valence-electron chi connectivity index (χ4n) is 1.86. The number of nitrogens with zero attached hydrogens (tertiary/aromatic N) is 2. The van der Waals surface area contributed by atoms with Gasteiger partial charge in [-0.1, -0.05) is 18.2 Å². The van der Waals surface area contributed by atoms with Gasteiger partial charge in [-0.25, -0.2) is 13.1 Å². The first kappa shape index (κ1) is 24.2. The summed E-state index contributed by atoms with van der Waals surface area (Å²) < 4.78 is 30.7. The molecular weight excluding hydrogens is 333 g/mol. The number of hydrogen-bond acceptors (Lipinski definition) is 5. The fourth-order valence-corrected chi connectivity index (χ4v) is 1.86. The summed E-state index contributed by atoms with van der Waals surface area (Å²) in [6.45, 7) is 1.92. The molecule has 124 valence electrons. The van der Waals surface area contributed by atoms with Crippen LogP contribution in [0.2, 0.25) is 0 Å². The average Bonchev–Trinajstić information content (AvgIpc) is 2.59. The Balaban J connectivity index is 0. The smallest absolute Gasteiger partial charge is 0.748 e. The van der Waals surface area contributed by atoms with Crippen LogP contribution in [0.15, 0.2) is 35.1 Å². The standard InChI is InChI=1S/C12H15N3O.CH4O3S.Na.H2O/c1-9-11(13-2)12(16)15(14(9)3)10-7-5-4-6-8-10;1-5(2,3)4;;/h4-8,13H,1-3H3;1H3,(H,2,3,4);;1H2/q;;+1;/p-1. The number of hydrogen-bond donors (Lipinski definition) is 1. The molecule has 0 aliphatic heterocycles. The quantitative estimate of drug-likeness (QED) is 0.451. The zero-order chi connectivity index (χ0) is 16.2. The van der Waals surface area contributed by atoms with Crippen molar-refractivity contribution in [1.82, 2.24) is 9.36 Å². The minimum atomic E-state index is -3.92. The third-order valence-corrected chi connectivity index (χ3v) is 2.80. The van der Waals surface area contributed by atoms with Gasteiger partial charge in [-0.15, -0.1) is 0 Å². The molecule has 0 radical (unpaired) electrons. The van der Waals surface area contributed by atoms with E-state index in [2.05, 4.69) is 5.32 Å². The van der Waals surface area contributed by atoms with Crippen LogP contribution in [0.4, 0.5) is 5.69 Å².